The van der Waals surface area contributed by atoms with Crippen LogP contribution in [0.25, 0.3) is 0 Å². The number of carboxylic acids is 2. The summed E-state index contributed by atoms with van der Waals surface area (Å²) in [5.41, 5.74) is 2.55. The quantitative estimate of drug-likeness (QED) is 0.333. The van der Waals surface area contributed by atoms with Gasteiger partial charge in [-0.15, -0.1) is 0 Å². The van der Waals surface area contributed by atoms with E-state index in [0.717, 1.165) is 25.7 Å². The summed E-state index contributed by atoms with van der Waals surface area (Å²) in [6.07, 6.45) is 6.73. The van der Waals surface area contributed by atoms with Crippen LogP contribution < -0.4 is 0 Å². The van der Waals surface area contributed by atoms with E-state index in [4.69, 9.17) is 9.84 Å². The zero-order valence-corrected chi connectivity index (χ0v) is 18.4. The van der Waals surface area contributed by atoms with Gasteiger partial charge in [0.25, 0.3) is 0 Å². The number of aryl methyl sites for hydroxylation is 2. The molecule has 174 valence electrons. The van der Waals surface area contributed by atoms with Gasteiger partial charge in [0.05, 0.1) is 13.0 Å². The van der Waals surface area contributed by atoms with Gasteiger partial charge in [-0.2, -0.15) is 0 Å². The van der Waals surface area contributed by atoms with Crippen molar-refractivity contribution in [1.82, 2.24) is 4.98 Å². The summed E-state index contributed by atoms with van der Waals surface area (Å²) in [5.74, 6) is -2.47. The molecule has 0 bridgehead atoms. The molecule has 0 aliphatic rings. The van der Waals surface area contributed by atoms with Crippen molar-refractivity contribution >= 4 is 11.9 Å². The summed E-state index contributed by atoms with van der Waals surface area (Å²) < 4.78 is 5.46. The molecule has 7 heteroatoms. The van der Waals surface area contributed by atoms with Crippen LogP contribution in [0, 0.1) is 0 Å². The minimum absolute atomic E-state index is 0.193. The number of rotatable bonds is 16. The number of aromatic nitrogens is 1. The van der Waals surface area contributed by atoms with Gasteiger partial charge in [-0.3, -0.25) is 9.78 Å². The first kappa shape index (κ1) is 25.5. The number of ether oxygens (including phenoxy) is 1. The van der Waals surface area contributed by atoms with Crippen LogP contribution in [0.2, 0.25) is 0 Å². The largest absolute Gasteiger partial charge is 0.481 e. The van der Waals surface area contributed by atoms with Crippen LogP contribution in [0.1, 0.15) is 67.9 Å². The first-order chi connectivity index (χ1) is 15.5. The number of hydrogen-bond donors (Lipinski definition) is 3. The fraction of sp³-hybridized carbons (Fsp3) is 0.480. The summed E-state index contributed by atoms with van der Waals surface area (Å²) >= 11 is 0. The predicted octanol–water partition coefficient (Wildman–Crippen LogP) is 4.19. The topological polar surface area (TPSA) is 117 Å². The van der Waals surface area contributed by atoms with E-state index in [1.807, 2.05) is 6.07 Å². The first-order valence-corrected chi connectivity index (χ1v) is 11.2. The standard InChI is InChI=1S/C25H33NO6/c27-22(28)16-18-32-24(23(29)25(30)31)20-14-10-17-26-21(20)15-9-4-2-1-3-6-11-19-12-7-5-8-13-19/h5,7-8,10,12-14,17,23-24,29H,1-4,6,9,11,15-16,18H2,(H,27,28)(H,30,31). The monoisotopic (exact) mass is 443 g/mol. The molecule has 7 nitrogen and oxygen atoms in total. The molecule has 0 aliphatic heterocycles. The lowest BCUT2D eigenvalue weighted by Crippen LogP contribution is -2.31. The molecule has 32 heavy (non-hydrogen) atoms. The smallest absolute Gasteiger partial charge is 0.335 e. The van der Waals surface area contributed by atoms with Gasteiger partial charge < -0.3 is 20.1 Å². The Morgan fingerprint density at radius 1 is 0.875 bits per heavy atom. The van der Waals surface area contributed by atoms with Crippen molar-refractivity contribution in [3.63, 3.8) is 0 Å². The Kier molecular flexibility index (Phi) is 11.4. The van der Waals surface area contributed by atoms with Crippen molar-refractivity contribution in [3.8, 4) is 0 Å². The van der Waals surface area contributed by atoms with Crippen LogP contribution in [-0.4, -0.2) is 45.0 Å². The van der Waals surface area contributed by atoms with Gasteiger partial charge in [-0.1, -0.05) is 62.1 Å². The fourth-order valence-corrected chi connectivity index (χ4v) is 3.65. The third kappa shape index (κ3) is 9.16. The highest BCUT2D eigenvalue weighted by Gasteiger charge is 2.30. The number of hydrogen-bond acceptors (Lipinski definition) is 5. The van der Waals surface area contributed by atoms with Gasteiger partial charge in [0.2, 0.25) is 0 Å². The molecule has 2 atom stereocenters. The molecule has 0 spiro atoms. The van der Waals surface area contributed by atoms with E-state index in [0.29, 0.717) is 17.7 Å². The average Bonchev–Trinajstić information content (AvgIpc) is 2.79. The summed E-state index contributed by atoms with van der Waals surface area (Å²) in [5, 5.41) is 28.1. The SMILES string of the molecule is O=C(O)CCOC(c1cccnc1CCCCCCCCc1ccccc1)C(O)C(=O)O. The number of aliphatic hydroxyl groups is 1. The third-order valence-electron chi connectivity index (χ3n) is 5.36. The molecule has 2 unspecified atom stereocenters. The molecule has 0 saturated carbocycles. The minimum Gasteiger partial charge on any atom is -0.481 e. The minimum atomic E-state index is -1.80. The zero-order valence-electron chi connectivity index (χ0n) is 18.4. The molecule has 0 radical (unpaired) electrons. The number of carboxylic acid groups (broad SMARTS) is 2. The molecular weight excluding hydrogens is 410 g/mol. The maximum absolute atomic E-state index is 11.3. The summed E-state index contributed by atoms with van der Waals surface area (Å²) in [7, 11) is 0. The van der Waals surface area contributed by atoms with E-state index in [9.17, 15) is 19.8 Å². The molecule has 2 rings (SSSR count). The van der Waals surface area contributed by atoms with Gasteiger partial charge in [-0.25, -0.2) is 4.79 Å². The second kappa shape index (κ2) is 14.3. The highest BCUT2D eigenvalue weighted by molar-refractivity contribution is 5.73. The van der Waals surface area contributed by atoms with Crippen LogP contribution in [-0.2, 0) is 27.2 Å². The average molecular weight is 444 g/mol. The molecule has 1 heterocycles. The van der Waals surface area contributed by atoms with Crippen molar-refractivity contribution in [2.24, 2.45) is 0 Å². The van der Waals surface area contributed by atoms with Crippen molar-refractivity contribution in [2.75, 3.05) is 6.61 Å². The second-order valence-electron chi connectivity index (χ2n) is 7.86. The Morgan fingerprint density at radius 2 is 1.53 bits per heavy atom. The van der Waals surface area contributed by atoms with E-state index in [1.165, 1.54) is 24.8 Å². The maximum Gasteiger partial charge on any atom is 0.335 e. The molecule has 0 amide bonds. The molecule has 2 aromatic rings. The maximum atomic E-state index is 11.3. The number of aliphatic hydroxyl groups excluding tert-OH is 1. The second-order valence-corrected chi connectivity index (χ2v) is 7.86. The van der Waals surface area contributed by atoms with Gasteiger partial charge in [0.15, 0.2) is 6.10 Å². The molecule has 3 N–H and O–H groups in total. The molecule has 1 aromatic heterocycles. The van der Waals surface area contributed by atoms with E-state index in [-0.39, 0.29) is 13.0 Å². The van der Waals surface area contributed by atoms with Gasteiger partial charge in [0.1, 0.15) is 6.10 Å². The van der Waals surface area contributed by atoms with Crippen molar-refractivity contribution in [2.45, 2.75) is 70.0 Å². The van der Waals surface area contributed by atoms with Crippen molar-refractivity contribution in [3.05, 3.63) is 65.5 Å². The first-order valence-electron chi connectivity index (χ1n) is 11.2. The Balaban J connectivity index is 1.80. The summed E-state index contributed by atoms with van der Waals surface area (Å²) in [6, 6.07) is 13.8. The number of carbonyl (C=O) groups is 2. The Labute approximate surface area is 189 Å². The van der Waals surface area contributed by atoms with E-state index < -0.39 is 24.1 Å². The summed E-state index contributed by atoms with van der Waals surface area (Å²) in [6.45, 7) is -0.193. The van der Waals surface area contributed by atoms with Crippen LogP contribution in [0.4, 0.5) is 0 Å². The number of nitrogens with zero attached hydrogens (tertiary/aromatic N) is 1. The van der Waals surface area contributed by atoms with Gasteiger partial charge >= 0.3 is 11.9 Å². The normalized spacial score (nSPS) is 12.9. The number of aliphatic carboxylic acids is 2. The lowest BCUT2D eigenvalue weighted by atomic mass is 9.98. The van der Waals surface area contributed by atoms with Crippen molar-refractivity contribution < 1.29 is 29.6 Å². The van der Waals surface area contributed by atoms with Crippen molar-refractivity contribution in [1.29, 1.82) is 0 Å². The van der Waals surface area contributed by atoms with E-state index >= 15 is 0 Å². The van der Waals surface area contributed by atoms with E-state index in [2.05, 4.69) is 29.2 Å². The molecule has 1 aromatic carbocycles. The van der Waals surface area contributed by atoms with Crippen LogP contribution >= 0.6 is 0 Å². The number of unbranched alkanes of at least 4 members (excludes halogenated alkanes) is 5. The Morgan fingerprint density at radius 3 is 2.19 bits per heavy atom. The highest BCUT2D eigenvalue weighted by atomic mass is 16.5. The fourth-order valence-electron chi connectivity index (χ4n) is 3.65. The predicted molar refractivity (Wildman–Crippen MR) is 120 cm³/mol. The van der Waals surface area contributed by atoms with Gasteiger partial charge in [-0.05, 0) is 37.3 Å². The van der Waals surface area contributed by atoms with Crippen LogP contribution in [0.5, 0.6) is 0 Å². The molecule has 0 aliphatic carbocycles. The zero-order chi connectivity index (χ0) is 23.2. The van der Waals surface area contributed by atoms with Crippen LogP contribution in [0.3, 0.4) is 0 Å². The van der Waals surface area contributed by atoms with Gasteiger partial charge in [0, 0.05) is 17.5 Å². The Bertz CT molecular complexity index is 826. The molecule has 0 fully saturated rings. The van der Waals surface area contributed by atoms with E-state index in [1.54, 1.807) is 18.3 Å². The summed E-state index contributed by atoms with van der Waals surface area (Å²) in [4.78, 5) is 26.5. The number of benzene rings is 1. The lowest BCUT2D eigenvalue weighted by Gasteiger charge is -2.22. The molecule has 0 saturated heterocycles. The lowest BCUT2D eigenvalue weighted by molar-refractivity contribution is -0.157. The number of pyridine rings is 1. The highest BCUT2D eigenvalue weighted by Crippen LogP contribution is 2.26. The third-order valence-corrected chi connectivity index (χ3v) is 5.36. The molecular formula is C25H33NO6. The van der Waals surface area contributed by atoms with Crippen LogP contribution in [0.15, 0.2) is 48.7 Å². The Hall–Kier alpha value is -2.77.